The smallest absolute Gasteiger partial charge is 0.267 e. The minimum atomic E-state index is -0.271. The summed E-state index contributed by atoms with van der Waals surface area (Å²) in [5, 5.41) is 11.5. The van der Waals surface area contributed by atoms with E-state index in [-0.39, 0.29) is 17.6 Å². The molecule has 1 aromatic heterocycles. The lowest BCUT2D eigenvalue weighted by Crippen LogP contribution is -2.23. The van der Waals surface area contributed by atoms with Gasteiger partial charge in [0.2, 0.25) is 0 Å². The molecule has 0 atom stereocenters. The molecule has 1 amide bonds. The van der Waals surface area contributed by atoms with Crippen LogP contribution in [-0.4, -0.2) is 16.7 Å². The molecule has 0 saturated carbocycles. The van der Waals surface area contributed by atoms with Crippen molar-refractivity contribution in [1.82, 2.24) is 10.3 Å². The standard InChI is InChI=1S/C17H17N3O2/c1-11(2)16(21)14-7-15(19-10-14)17(22)20-9-13-5-3-12(8-18)4-6-13/h3-7,10-11,19H,9H2,1-2H3,(H,20,22). The molecule has 2 aromatic rings. The Morgan fingerprint density at radius 1 is 1.27 bits per heavy atom. The van der Waals surface area contributed by atoms with E-state index in [1.54, 1.807) is 36.5 Å². The summed E-state index contributed by atoms with van der Waals surface area (Å²) in [5.74, 6) is -0.375. The second kappa shape index (κ2) is 6.72. The molecule has 0 saturated heterocycles. The number of aromatic nitrogens is 1. The second-order valence-corrected chi connectivity index (χ2v) is 5.31. The molecule has 0 aliphatic heterocycles. The number of Topliss-reactive ketones (excluding diaryl/α,β-unsaturated/α-hetero) is 1. The Morgan fingerprint density at radius 3 is 2.55 bits per heavy atom. The van der Waals surface area contributed by atoms with E-state index >= 15 is 0 Å². The lowest BCUT2D eigenvalue weighted by Gasteiger charge is -2.04. The van der Waals surface area contributed by atoms with Gasteiger partial charge in [-0.15, -0.1) is 0 Å². The summed E-state index contributed by atoms with van der Waals surface area (Å²) in [7, 11) is 0. The summed E-state index contributed by atoms with van der Waals surface area (Å²) in [6.07, 6.45) is 1.55. The maximum absolute atomic E-state index is 12.0. The number of nitriles is 1. The Hall–Kier alpha value is -2.87. The van der Waals surface area contributed by atoms with Gasteiger partial charge < -0.3 is 10.3 Å². The number of aromatic amines is 1. The summed E-state index contributed by atoms with van der Waals surface area (Å²) in [5.41, 5.74) is 2.35. The topological polar surface area (TPSA) is 85.8 Å². The van der Waals surface area contributed by atoms with Crippen LogP contribution in [0.25, 0.3) is 0 Å². The number of nitrogens with one attached hydrogen (secondary N) is 2. The van der Waals surface area contributed by atoms with Gasteiger partial charge in [-0.05, 0) is 23.8 Å². The number of ketones is 1. The average molecular weight is 295 g/mol. The van der Waals surface area contributed by atoms with E-state index in [1.807, 2.05) is 19.9 Å². The van der Waals surface area contributed by atoms with Crippen LogP contribution in [0.3, 0.4) is 0 Å². The highest BCUT2D eigenvalue weighted by molar-refractivity contribution is 6.00. The van der Waals surface area contributed by atoms with E-state index in [4.69, 9.17) is 5.26 Å². The first kappa shape index (κ1) is 15.5. The molecule has 1 heterocycles. The normalized spacial score (nSPS) is 10.3. The maximum atomic E-state index is 12.0. The Labute approximate surface area is 129 Å². The molecule has 0 unspecified atom stereocenters. The maximum Gasteiger partial charge on any atom is 0.267 e. The molecular formula is C17H17N3O2. The van der Waals surface area contributed by atoms with Crippen molar-refractivity contribution in [3.8, 4) is 6.07 Å². The molecule has 0 fully saturated rings. The highest BCUT2D eigenvalue weighted by atomic mass is 16.2. The number of carbonyl (C=O) groups excluding carboxylic acids is 2. The lowest BCUT2D eigenvalue weighted by molar-refractivity contribution is 0.0938. The fourth-order valence-electron chi connectivity index (χ4n) is 1.98. The molecule has 1 aromatic carbocycles. The van der Waals surface area contributed by atoms with Crippen LogP contribution < -0.4 is 5.32 Å². The first-order valence-corrected chi connectivity index (χ1v) is 7.01. The van der Waals surface area contributed by atoms with Gasteiger partial charge in [-0.25, -0.2) is 0 Å². The van der Waals surface area contributed by atoms with Crippen LogP contribution in [0.15, 0.2) is 36.5 Å². The minimum Gasteiger partial charge on any atom is -0.356 e. The van der Waals surface area contributed by atoms with E-state index in [1.165, 1.54) is 0 Å². The summed E-state index contributed by atoms with van der Waals surface area (Å²) >= 11 is 0. The van der Waals surface area contributed by atoms with E-state index in [9.17, 15) is 9.59 Å². The third kappa shape index (κ3) is 3.61. The zero-order chi connectivity index (χ0) is 16.1. The number of rotatable bonds is 5. The molecule has 0 aliphatic carbocycles. The van der Waals surface area contributed by atoms with Gasteiger partial charge in [0.25, 0.3) is 5.91 Å². The van der Waals surface area contributed by atoms with Crippen LogP contribution in [0.1, 0.15) is 45.8 Å². The molecule has 0 spiro atoms. The zero-order valence-corrected chi connectivity index (χ0v) is 12.5. The van der Waals surface area contributed by atoms with Gasteiger partial charge in [-0.3, -0.25) is 9.59 Å². The van der Waals surface area contributed by atoms with Gasteiger partial charge in [0.05, 0.1) is 11.6 Å². The number of hydrogen-bond acceptors (Lipinski definition) is 3. The molecule has 2 N–H and O–H groups in total. The van der Waals surface area contributed by atoms with Crippen LogP contribution >= 0.6 is 0 Å². The van der Waals surface area contributed by atoms with Gasteiger partial charge in [-0.2, -0.15) is 5.26 Å². The van der Waals surface area contributed by atoms with Crippen LogP contribution in [0, 0.1) is 17.2 Å². The highest BCUT2D eigenvalue weighted by Crippen LogP contribution is 2.10. The summed E-state index contributed by atoms with van der Waals surface area (Å²) in [6, 6.07) is 10.6. The lowest BCUT2D eigenvalue weighted by atomic mass is 10.0. The van der Waals surface area contributed by atoms with Crippen molar-refractivity contribution in [2.45, 2.75) is 20.4 Å². The van der Waals surface area contributed by atoms with E-state index < -0.39 is 0 Å². The van der Waals surface area contributed by atoms with Crippen molar-refractivity contribution in [3.05, 3.63) is 58.9 Å². The second-order valence-electron chi connectivity index (χ2n) is 5.31. The summed E-state index contributed by atoms with van der Waals surface area (Å²) in [6.45, 7) is 4.00. The number of carbonyl (C=O) groups is 2. The van der Waals surface area contributed by atoms with Crippen molar-refractivity contribution >= 4 is 11.7 Å². The number of amides is 1. The fraction of sp³-hybridized carbons (Fsp3) is 0.235. The first-order valence-electron chi connectivity index (χ1n) is 7.01. The predicted molar refractivity (Wildman–Crippen MR) is 82.3 cm³/mol. The molecule has 0 aliphatic rings. The van der Waals surface area contributed by atoms with Crippen LogP contribution in [0.2, 0.25) is 0 Å². The summed E-state index contributed by atoms with van der Waals surface area (Å²) in [4.78, 5) is 26.7. The molecule has 2 rings (SSSR count). The zero-order valence-electron chi connectivity index (χ0n) is 12.5. The fourth-order valence-corrected chi connectivity index (χ4v) is 1.98. The van der Waals surface area contributed by atoms with Gasteiger partial charge in [-0.1, -0.05) is 26.0 Å². The SMILES string of the molecule is CC(C)C(=O)c1c[nH]c(C(=O)NCc2ccc(C#N)cc2)c1. The van der Waals surface area contributed by atoms with Crippen LogP contribution in [0.4, 0.5) is 0 Å². The van der Waals surface area contributed by atoms with E-state index in [2.05, 4.69) is 10.3 Å². The van der Waals surface area contributed by atoms with Crippen molar-refractivity contribution in [2.24, 2.45) is 5.92 Å². The number of nitrogens with zero attached hydrogens (tertiary/aromatic N) is 1. The van der Waals surface area contributed by atoms with E-state index in [0.29, 0.717) is 23.4 Å². The molecule has 0 bridgehead atoms. The quantitative estimate of drug-likeness (QED) is 0.831. The Kier molecular flexibility index (Phi) is 4.74. The Bertz CT molecular complexity index is 721. The van der Waals surface area contributed by atoms with Crippen molar-refractivity contribution < 1.29 is 9.59 Å². The largest absolute Gasteiger partial charge is 0.356 e. The predicted octanol–water partition coefficient (Wildman–Crippen LogP) is 2.66. The van der Waals surface area contributed by atoms with Crippen molar-refractivity contribution in [2.75, 3.05) is 0 Å². The van der Waals surface area contributed by atoms with Gasteiger partial charge in [0, 0.05) is 24.2 Å². The highest BCUT2D eigenvalue weighted by Gasteiger charge is 2.15. The number of H-pyrrole nitrogens is 1. The van der Waals surface area contributed by atoms with E-state index in [0.717, 1.165) is 5.56 Å². The Morgan fingerprint density at radius 2 is 1.95 bits per heavy atom. The monoisotopic (exact) mass is 295 g/mol. The minimum absolute atomic E-state index is 0.00222. The number of benzene rings is 1. The Balaban J connectivity index is 1.97. The molecule has 112 valence electrons. The third-order valence-electron chi connectivity index (χ3n) is 3.27. The molecule has 5 nitrogen and oxygen atoms in total. The third-order valence-corrected chi connectivity index (χ3v) is 3.27. The van der Waals surface area contributed by atoms with Crippen molar-refractivity contribution in [3.63, 3.8) is 0 Å². The van der Waals surface area contributed by atoms with Gasteiger partial charge in [0.15, 0.2) is 5.78 Å². The number of hydrogen-bond donors (Lipinski definition) is 2. The first-order chi connectivity index (χ1) is 10.5. The molecule has 5 heteroatoms. The van der Waals surface area contributed by atoms with Crippen LogP contribution in [0.5, 0.6) is 0 Å². The molecular weight excluding hydrogens is 278 g/mol. The van der Waals surface area contributed by atoms with Gasteiger partial charge in [0.1, 0.15) is 5.69 Å². The summed E-state index contributed by atoms with van der Waals surface area (Å²) < 4.78 is 0. The molecule has 22 heavy (non-hydrogen) atoms. The van der Waals surface area contributed by atoms with Crippen molar-refractivity contribution in [1.29, 1.82) is 5.26 Å². The van der Waals surface area contributed by atoms with Gasteiger partial charge >= 0.3 is 0 Å². The van der Waals surface area contributed by atoms with Crippen LogP contribution in [-0.2, 0) is 6.54 Å². The average Bonchev–Trinajstić information content (AvgIpc) is 3.02. The molecule has 0 radical (unpaired) electrons.